The summed E-state index contributed by atoms with van der Waals surface area (Å²) < 4.78 is 10.0. The second-order valence-corrected chi connectivity index (χ2v) is 6.35. The van der Waals surface area contributed by atoms with Crippen LogP contribution in [0.2, 0.25) is 0 Å². The molecule has 2 aromatic carbocycles. The lowest BCUT2D eigenvalue weighted by molar-refractivity contribution is -0.384. The number of ether oxygens (including phenoxy) is 2. The normalized spacial score (nSPS) is 11.4. The summed E-state index contributed by atoms with van der Waals surface area (Å²) in [5.41, 5.74) is 2.81. The molecule has 2 rings (SSSR count). The zero-order chi connectivity index (χ0) is 20.8. The predicted octanol–water partition coefficient (Wildman–Crippen LogP) is 3.25. The molecular formula is C20H22N2O6. The van der Waals surface area contributed by atoms with Gasteiger partial charge < -0.3 is 14.8 Å². The van der Waals surface area contributed by atoms with Gasteiger partial charge in [0.05, 0.1) is 18.1 Å². The maximum atomic E-state index is 12.2. The molecule has 8 heteroatoms. The van der Waals surface area contributed by atoms with E-state index in [-0.39, 0.29) is 23.0 Å². The fraction of sp³-hybridized carbons (Fsp3) is 0.300. The first-order valence-electron chi connectivity index (χ1n) is 8.59. The highest BCUT2D eigenvalue weighted by atomic mass is 16.6. The molecule has 1 amide bonds. The molecule has 2 aromatic rings. The van der Waals surface area contributed by atoms with E-state index < -0.39 is 23.4 Å². The molecule has 0 aliphatic heterocycles. The summed E-state index contributed by atoms with van der Waals surface area (Å²) in [6.45, 7) is 5.30. The van der Waals surface area contributed by atoms with Crippen molar-refractivity contribution in [2.75, 3.05) is 13.7 Å². The van der Waals surface area contributed by atoms with Gasteiger partial charge >= 0.3 is 5.97 Å². The van der Waals surface area contributed by atoms with E-state index in [1.54, 1.807) is 0 Å². The molecule has 0 spiro atoms. The molecule has 1 atom stereocenters. The fourth-order valence-electron chi connectivity index (χ4n) is 2.58. The molecular weight excluding hydrogens is 364 g/mol. The van der Waals surface area contributed by atoms with Gasteiger partial charge in [-0.15, -0.1) is 0 Å². The van der Waals surface area contributed by atoms with Crippen molar-refractivity contribution in [2.24, 2.45) is 0 Å². The second kappa shape index (κ2) is 8.98. The van der Waals surface area contributed by atoms with E-state index >= 15 is 0 Å². The lowest BCUT2D eigenvalue weighted by atomic mass is 10.0. The Balaban J connectivity index is 2.00. The third-order valence-corrected chi connectivity index (χ3v) is 4.36. The maximum absolute atomic E-state index is 12.2. The number of esters is 1. The van der Waals surface area contributed by atoms with Crippen LogP contribution >= 0.6 is 0 Å². The molecule has 0 saturated carbocycles. The molecule has 0 fully saturated rings. The Bertz CT molecular complexity index is 910. The van der Waals surface area contributed by atoms with Crippen LogP contribution in [0.5, 0.6) is 5.75 Å². The summed E-state index contributed by atoms with van der Waals surface area (Å²) in [6.07, 6.45) is 0. The van der Waals surface area contributed by atoms with Gasteiger partial charge in [-0.3, -0.25) is 14.9 Å². The summed E-state index contributed by atoms with van der Waals surface area (Å²) in [5.74, 6) is -1.24. The Morgan fingerprint density at radius 2 is 1.86 bits per heavy atom. The van der Waals surface area contributed by atoms with Crippen LogP contribution in [0.1, 0.15) is 40.0 Å². The van der Waals surface area contributed by atoms with Crippen LogP contribution in [0.15, 0.2) is 36.4 Å². The zero-order valence-electron chi connectivity index (χ0n) is 16.1. The van der Waals surface area contributed by atoms with Gasteiger partial charge in [0.1, 0.15) is 11.3 Å². The van der Waals surface area contributed by atoms with Gasteiger partial charge in [0, 0.05) is 12.1 Å². The van der Waals surface area contributed by atoms with E-state index in [2.05, 4.69) is 5.32 Å². The van der Waals surface area contributed by atoms with Crippen LogP contribution in [0.4, 0.5) is 5.69 Å². The highest BCUT2D eigenvalue weighted by Gasteiger charge is 2.20. The molecule has 0 aromatic heterocycles. The third kappa shape index (κ3) is 5.06. The zero-order valence-corrected chi connectivity index (χ0v) is 16.1. The van der Waals surface area contributed by atoms with Crippen LogP contribution in [0, 0.1) is 24.0 Å². The highest BCUT2D eigenvalue weighted by molar-refractivity contribution is 5.94. The first-order valence-corrected chi connectivity index (χ1v) is 8.59. The Kier molecular flexibility index (Phi) is 6.70. The minimum absolute atomic E-state index is 0.119. The fourth-order valence-corrected chi connectivity index (χ4v) is 2.58. The van der Waals surface area contributed by atoms with Crippen LogP contribution in [-0.4, -0.2) is 30.5 Å². The molecule has 1 N–H and O–H groups in total. The molecule has 8 nitrogen and oxygen atoms in total. The number of benzene rings is 2. The van der Waals surface area contributed by atoms with Crippen molar-refractivity contribution >= 4 is 17.6 Å². The topological polar surface area (TPSA) is 108 Å². The lowest BCUT2D eigenvalue weighted by Crippen LogP contribution is -2.31. The molecule has 0 bridgehead atoms. The SMILES string of the molecule is COc1ccc([N+](=O)[O-])cc1C(=O)OCC(=O)N[C@H](C)c1ccc(C)c(C)c1. The van der Waals surface area contributed by atoms with Crippen molar-refractivity contribution in [1.82, 2.24) is 5.32 Å². The van der Waals surface area contributed by atoms with E-state index in [4.69, 9.17) is 9.47 Å². The monoisotopic (exact) mass is 386 g/mol. The number of nitro benzene ring substituents is 1. The Labute approximate surface area is 162 Å². The Hall–Kier alpha value is -3.42. The smallest absolute Gasteiger partial charge is 0.342 e. The molecule has 0 heterocycles. The van der Waals surface area contributed by atoms with Gasteiger partial charge in [-0.25, -0.2) is 4.79 Å². The number of rotatable bonds is 7. The maximum Gasteiger partial charge on any atom is 0.342 e. The number of nitro groups is 1. The number of hydrogen-bond acceptors (Lipinski definition) is 6. The van der Waals surface area contributed by atoms with E-state index in [0.29, 0.717) is 0 Å². The van der Waals surface area contributed by atoms with Crippen molar-refractivity contribution in [1.29, 1.82) is 0 Å². The quantitative estimate of drug-likeness (QED) is 0.445. The molecule has 0 radical (unpaired) electrons. The van der Waals surface area contributed by atoms with Crippen molar-refractivity contribution in [3.8, 4) is 5.75 Å². The number of carbonyl (C=O) groups is 2. The van der Waals surface area contributed by atoms with Crippen LogP contribution in [0.3, 0.4) is 0 Å². The first-order chi connectivity index (χ1) is 13.2. The van der Waals surface area contributed by atoms with Crippen molar-refractivity contribution in [3.63, 3.8) is 0 Å². The second-order valence-electron chi connectivity index (χ2n) is 6.35. The number of nitrogens with zero attached hydrogens (tertiary/aromatic N) is 1. The molecule has 0 aliphatic rings. The largest absolute Gasteiger partial charge is 0.496 e. The highest BCUT2D eigenvalue weighted by Crippen LogP contribution is 2.24. The van der Waals surface area contributed by atoms with Gasteiger partial charge in [0.25, 0.3) is 11.6 Å². The molecule has 148 valence electrons. The Morgan fingerprint density at radius 3 is 2.46 bits per heavy atom. The van der Waals surface area contributed by atoms with Crippen LogP contribution < -0.4 is 10.1 Å². The van der Waals surface area contributed by atoms with Crippen molar-refractivity contribution in [3.05, 3.63) is 68.8 Å². The number of carbonyl (C=O) groups excluding carboxylic acids is 2. The standard InChI is InChI=1S/C20H22N2O6/c1-12-5-6-15(9-13(12)2)14(3)21-19(23)11-28-20(24)17-10-16(22(25)26)7-8-18(17)27-4/h5-10,14H,11H2,1-4H3,(H,21,23)/t14-/m1/s1. The molecule has 0 aliphatic carbocycles. The summed E-state index contributed by atoms with van der Waals surface area (Å²) in [5, 5.41) is 13.6. The number of nitrogens with one attached hydrogen (secondary N) is 1. The summed E-state index contributed by atoms with van der Waals surface area (Å²) in [7, 11) is 1.33. The van der Waals surface area contributed by atoms with Crippen molar-refractivity contribution in [2.45, 2.75) is 26.8 Å². The predicted molar refractivity (Wildman–Crippen MR) is 102 cm³/mol. The average Bonchev–Trinajstić information content (AvgIpc) is 2.67. The van der Waals surface area contributed by atoms with E-state index in [9.17, 15) is 19.7 Å². The van der Waals surface area contributed by atoms with Crippen LogP contribution in [-0.2, 0) is 9.53 Å². The molecule has 0 saturated heterocycles. The summed E-state index contributed by atoms with van der Waals surface area (Å²) in [6, 6.07) is 9.19. The minimum atomic E-state index is -0.880. The average molecular weight is 386 g/mol. The molecule has 0 unspecified atom stereocenters. The van der Waals surface area contributed by atoms with Gasteiger partial charge in [-0.05, 0) is 43.5 Å². The summed E-state index contributed by atoms with van der Waals surface area (Å²) >= 11 is 0. The van der Waals surface area contributed by atoms with Gasteiger partial charge in [-0.2, -0.15) is 0 Å². The van der Waals surface area contributed by atoms with Gasteiger partial charge in [-0.1, -0.05) is 18.2 Å². The minimum Gasteiger partial charge on any atom is -0.496 e. The number of methoxy groups -OCH3 is 1. The van der Waals surface area contributed by atoms with Crippen molar-refractivity contribution < 1.29 is 24.0 Å². The number of hydrogen-bond donors (Lipinski definition) is 1. The van der Waals surface area contributed by atoms with E-state index in [1.165, 1.54) is 19.2 Å². The van der Waals surface area contributed by atoms with E-state index in [1.807, 2.05) is 39.0 Å². The number of aryl methyl sites for hydroxylation is 2. The lowest BCUT2D eigenvalue weighted by Gasteiger charge is -2.16. The number of amides is 1. The van der Waals surface area contributed by atoms with Gasteiger partial charge in [0.2, 0.25) is 0 Å². The number of non-ortho nitro benzene ring substituents is 1. The first kappa shape index (κ1) is 20.9. The van der Waals surface area contributed by atoms with Crippen LogP contribution in [0.25, 0.3) is 0 Å². The Morgan fingerprint density at radius 1 is 1.14 bits per heavy atom. The van der Waals surface area contributed by atoms with E-state index in [0.717, 1.165) is 22.8 Å². The van der Waals surface area contributed by atoms with Gasteiger partial charge in [0.15, 0.2) is 6.61 Å². The molecule has 28 heavy (non-hydrogen) atoms. The third-order valence-electron chi connectivity index (χ3n) is 4.36. The summed E-state index contributed by atoms with van der Waals surface area (Å²) in [4.78, 5) is 34.6.